The molecule has 20 heavy (non-hydrogen) atoms. The highest BCUT2D eigenvalue weighted by molar-refractivity contribution is 4.74. The molecule has 0 aromatic heterocycles. The van der Waals surface area contributed by atoms with Crippen LogP contribution < -0.4 is 10.6 Å². The molecule has 0 atom stereocenters. The van der Waals surface area contributed by atoms with Gasteiger partial charge >= 0.3 is 0 Å². The van der Waals surface area contributed by atoms with E-state index in [4.69, 9.17) is 0 Å². The molecule has 116 valence electrons. The van der Waals surface area contributed by atoms with Gasteiger partial charge in [-0.15, -0.1) is 13.2 Å². The van der Waals surface area contributed by atoms with E-state index in [9.17, 15) is 0 Å². The lowest BCUT2D eigenvalue weighted by atomic mass is 10.2. The summed E-state index contributed by atoms with van der Waals surface area (Å²) in [4.78, 5) is 5.17. The zero-order valence-corrected chi connectivity index (χ0v) is 12.9. The van der Waals surface area contributed by atoms with E-state index in [2.05, 4.69) is 33.6 Å². The molecule has 4 heteroatoms. The van der Waals surface area contributed by atoms with Crippen LogP contribution in [0.2, 0.25) is 0 Å². The molecule has 0 spiro atoms. The number of hydrogen-bond acceptors (Lipinski definition) is 4. The zero-order chi connectivity index (χ0) is 14.5. The number of nitrogens with one attached hydrogen (secondary N) is 2. The normalized spacial score (nSPS) is 17.2. The Morgan fingerprint density at radius 3 is 1.50 bits per heavy atom. The summed E-state index contributed by atoms with van der Waals surface area (Å²) in [6.45, 7) is 18.8. The van der Waals surface area contributed by atoms with Gasteiger partial charge in [-0.05, 0) is 39.0 Å². The fourth-order valence-electron chi connectivity index (χ4n) is 2.50. The van der Waals surface area contributed by atoms with Crippen LogP contribution in [-0.2, 0) is 0 Å². The van der Waals surface area contributed by atoms with Crippen molar-refractivity contribution < 1.29 is 0 Å². The number of rotatable bonds is 12. The SMILES string of the molecule is C=CCNCCCN1CCN(CCCNCC=C)CC1. The van der Waals surface area contributed by atoms with Crippen LogP contribution >= 0.6 is 0 Å². The Balaban J connectivity index is 1.94. The molecule has 0 unspecified atom stereocenters. The second kappa shape index (κ2) is 12.1. The van der Waals surface area contributed by atoms with E-state index >= 15 is 0 Å². The molecule has 0 aliphatic carbocycles. The van der Waals surface area contributed by atoms with Crippen LogP contribution in [0.1, 0.15) is 12.8 Å². The van der Waals surface area contributed by atoms with Gasteiger partial charge in [0.2, 0.25) is 0 Å². The fourth-order valence-corrected chi connectivity index (χ4v) is 2.50. The fraction of sp³-hybridized carbons (Fsp3) is 0.750. The number of nitrogens with zero attached hydrogens (tertiary/aromatic N) is 2. The minimum Gasteiger partial charge on any atom is -0.313 e. The summed E-state index contributed by atoms with van der Waals surface area (Å²) in [6.07, 6.45) is 6.31. The summed E-state index contributed by atoms with van der Waals surface area (Å²) < 4.78 is 0. The average Bonchev–Trinajstić information content (AvgIpc) is 2.48. The molecule has 0 bridgehead atoms. The lowest BCUT2D eigenvalue weighted by Gasteiger charge is -2.34. The van der Waals surface area contributed by atoms with E-state index in [-0.39, 0.29) is 0 Å². The first-order chi connectivity index (χ1) is 9.86. The predicted molar refractivity (Wildman–Crippen MR) is 88.2 cm³/mol. The third-order valence-corrected chi connectivity index (χ3v) is 3.70. The molecule has 1 aliphatic heterocycles. The summed E-state index contributed by atoms with van der Waals surface area (Å²) >= 11 is 0. The quantitative estimate of drug-likeness (QED) is 0.411. The van der Waals surface area contributed by atoms with Crippen LogP contribution in [-0.4, -0.2) is 75.2 Å². The summed E-state index contributed by atoms with van der Waals surface area (Å²) in [5, 5.41) is 6.72. The summed E-state index contributed by atoms with van der Waals surface area (Å²) in [5.74, 6) is 0. The second-order valence-corrected chi connectivity index (χ2v) is 5.38. The maximum atomic E-state index is 3.71. The van der Waals surface area contributed by atoms with E-state index in [1.165, 1.54) is 52.1 Å². The van der Waals surface area contributed by atoms with Crippen LogP contribution in [0.25, 0.3) is 0 Å². The average molecular weight is 280 g/mol. The lowest BCUT2D eigenvalue weighted by molar-refractivity contribution is 0.130. The molecule has 1 rings (SSSR count). The predicted octanol–water partition coefficient (Wildman–Crippen LogP) is 0.935. The van der Waals surface area contributed by atoms with Gasteiger partial charge in [-0.1, -0.05) is 12.2 Å². The molecule has 1 fully saturated rings. The minimum atomic E-state index is 0.924. The molecular weight excluding hydrogens is 248 g/mol. The van der Waals surface area contributed by atoms with E-state index in [0.717, 1.165) is 26.2 Å². The third kappa shape index (κ3) is 8.48. The highest BCUT2D eigenvalue weighted by Gasteiger charge is 2.15. The molecule has 2 N–H and O–H groups in total. The van der Waals surface area contributed by atoms with E-state index in [1.54, 1.807) is 0 Å². The first kappa shape index (κ1) is 17.4. The van der Waals surface area contributed by atoms with Crippen LogP contribution in [0.5, 0.6) is 0 Å². The number of hydrogen-bond donors (Lipinski definition) is 2. The Kier molecular flexibility index (Phi) is 10.5. The van der Waals surface area contributed by atoms with E-state index in [1.807, 2.05) is 12.2 Å². The molecule has 1 heterocycles. The van der Waals surface area contributed by atoms with Gasteiger partial charge in [0.05, 0.1) is 0 Å². The van der Waals surface area contributed by atoms with Crippen molar-refractivity contribution >= 4 is 0 Å². The van der Waals surface area contributed by atoms with Crippen molar-refractivity contribution in [3.63, 3.8) is 0 Å². The molecule has 4 nitrogen and oxygen atoms in total. The summed E-state index contributed by atoms with van der Waals surface area (Å²) in [5.41, 5.74) is 0. The van der Waals surface area contributed by atoms with Crippen molar-refractivity contribution in [2.75, 3.05) is 65.4 Å². The van der Waals surface area contributed by atoms with Gasteiger partial charge in [0.15, 0.2) is 0 Å². The Labute approximate surface area is 124 Å². The van der Waals surface area contributed by atoms with Crippen molar-refractivity contribution in [3.8, 4) is 0 Å². The Bertz CT molecular complexity index is 221. The lowest BCUT2D eigenvalue weighted by Crippen LogP contribution is -2.47. The zero-order valence-electron chi connectivity index (χ0n) is 12.9. The van der Waals surface area contributed by atoms with E-state index < -0.39 is 0 Å². The van der Waals surface area contributed by atoms with Crippen molar-refractivity contribution in [3.05, 3.63) is 25.3 Å². The topological polar surface area (TPSA) is 30.5 Å². The highest BCUT2D eigenvalue weighted by Crippen LogP contribution is 2.02. The van der Waals surface area contributed by atoms with E-state index in [0.29, 0.717) is 0 Å². The van der Waals surface area contributed by atoms with Gasteiger partial charge in [0.1, 0.15) is 0 Å². The van der Waals surface area contributed by atoms with Crippen molar-refractivity contribution in [2.24, 2.45) is 0 Å². The van der Waals surface area contributed by atoms with Crippen LogP contribution in [0.15, 0.2) is 25.3 Å². The Morgan fingerprint density at radius 1 is 0.750 bits per heavy atom. The molecule has 0 amide bonds. The number of piperazine rings is 1. The van der Waals surface area contributed by atoms with Gasteiger partial charge in [-0.3, -0.25) is 0 Å². The second-order valence-electron chi connectivity index (χ2n) is 5.38. The smallest absolute Gasteiger partial charge is 0.0132 e. The van der Waals surface area contributed by atoms with Crippen LogP contribution in [0.3, 0.4) is 0 Å². The van der Waals surface area contributed by atoms with Crippen LogP contribution in [0, 0.1) is 0 Å². The largest absolute Gasteiger partial charge is 0.313 e. The van der Waals surface area contributed by atoms with Crippen molar-refractivity contribution in [1.29, 1.82) is 0 Å². The van der Waals surface area contributed by atoms with Crippen molar-refractivity contribution in [1.82, 2.24) is 20.4 Å². The monoisotopic (exact) mass is 280 g/mol. The standard InChI is InChI=1S/C16H32N4/c1-3-7-17-9-5-11-19-13-15-20(16-14-19)12-6-10-18-8-4-2/h3-4,17-18H,1-2,5-16H2. The maximum absolute atomic E-state index is 3.71. The Morgan fingerprint density at radius 2 is 1.15 bits per heavy atom. The van der Waals surface area contributed by atoms with Crippen LogP contribution in [0.4, 0.5) is 0 Å². The molecule has 0 saturated carbocycles. The van der Waals surface area contributed by atoms with Crippen molar-refractivity contribution in [2.45, 2.75) is 12.8 Å². The Hall–Kier alpha value is -0.680. The molecule has 1 saturated heterocycles. The summed E-state index contributed by atoms with van der Waals surface area (Å²) in [6, 6.07) is 0. The van der Waals surface area contributed by atoms with Gasteiger partial charge < -0.3 is 20.4 Å². The van der Waals surface area contributed by atoms with Gasteiger partial charge in [0, 0.05) is 39.3 Å². The van der Waals surface area contributed by atoms with Gasteiger partial charge in [0.25, 0.3) is 0 Å². The molecule has 0 aromatic rings. The molecule has 0 aromatic carbocycles. The van der Waals surface area contributed by atoms with Gasteiger partial charge in [-0.25, -0.2) is 0 Å². The first-order valence-corrected chi connectivity index (χ1v) is 7.94. The minimum absolute atomic E-state index is 0.924. The highest BCUT2D eigenvalue weighted by atomic mass is 15.3. The molecular formula is C16H32N4. The first-order valence-electron chi connectivity index (χ1n) is 7.94. The summed E-state index contributed by atoms with van der Waals surface area (Å²) in [7, 11) is 0. The molecule has 0 radical (unpaired) electrons. The third-order valence-electron chi connectivity index (χ3n) is 3.70. The maximum Gasteiger partial charge on any atom is 0.0132 e. The van der Waals surface area contributed by atoms with Gasteiger partial charge in [-0.2, -0.15) is 0 Å². The molecule has 1 aliphatic rings.